The van der Waals surface area contributed by atoms with Gasteiger partial charge < -0.3 is 9.84 Å². The Hall–Kier alpha value is -1.85. The lowest BCUT2D eigenvalue weighted by Gasteiger charge is -2.17. The third kappa shape index (κ3) is 4.56. The third-order valence-electron chi connectivity index (χ3n) is 3.96. The van der Waals surface area contributed by atoms with Gasteiger partial charge in [-0.05, 0) is 45.5 Å². The summed E-state index contributed by atoms with van der Waals surface area (Å²) < 4.78 is 7.36. The molecule has 0 spiro atoms. The molecule has 0 aliphatic heterocycles. The topological polar surface area (TPSA) is 50.5 Å². The van der Waals surface area contributed by atoms with Crippen molar-refractivity contribution in [1.29, 1.82) is 0 Å². The van der Waals surface area contributed by atoms with Crippen LogP contribution < -0.4 is 4.74 Å². The van der Waals surface area contributed by atoms with Gasteiger partial charge in [0.15, 0.2) is 0 Å². The Kier molecular flexibility index (Phi) is 6.19. The Balaban J connectivity index is 2.00. The van der Waals surface area contributed by atoms with E-state index in [0.29, 0.717) is 13.2 Å². The van der Waals surface area contributed by atoms with Crippen molar-refractivity contribution in [2.45, 2.75) is 40.4 Å². The highest BCUT2D eigenvalue weighted by atomic mass is 16.5. The van der Waals surface area contributed by atoms with Crippen LogP contribution in [0.15, 0.2) is 24.3 Å². The van der Waals surface area contributed by atoms with Crippen molar-refractivity contribution in [3.63, 3.8) is 0 Å². The van der Waals surface area contributed by atoms with Gasteiger partial charge in [0.1, 0.15) is 5.75 Å². The van der Waals surface area contributed by atoms with Crippen molar-refractivity contribution in [1.82, 2.24) is 14.7 Å². The monoisotopic (exact) mass is 317 g/mol. The number of aromatic nitrogens is 2. The Morgan fingerprint density at radius 2 is 1.87 bits per heavy atom. The maximum atomic E-state index is 9.10. The fourth-order valence-corrected chi connectivity index (χ4v) is 2.77. The van der Waals surface area contributed by atoms with Crippen molar-refractivity contribution in [3.8, 4) is 5.75 Å². The van der Waals surface area contributed by atoms with Crippen molar-refractivity contribution < 1.29 is 9.84 Å². The standard InChI is InChI=1S/C18H27N3O2/c1-5-23-17-8-6-16(7-9-17)12-20(4)13-18-14(2)19-21(10-11-22)15(18)3/h6-9,22H,5,10-13H2,1-4H3. The molecule has 0 radical (unpaired) electrons. The van der Waals surface area contributed by atoms with Gasteiger partial charge in [0.05, 0.1) is 25.5 Å². The van der Waals surface area contributed by atoms with Crippen molar-refractivity contribution in [2.75, 3.05) is 20.3 Å². The van der Waals surface area contributed by atoms with E-state index in [-0.39, 0.29) is 6.61 Å². The first-order valence-electron chi connectivity index (χ1n) is 8.09. The lowest BCUT2D eigenvalue weighted by Crippen LogP contribution is -2.18. The molecule has 2 aromatic rings. The van der Waals surface area contributed by atoms with Gasteiger partial charge in [-0.3, -0.25) is 9.58 Å². The fourth-order valence-electron chi connectivity index (χ4n) is 2.77. The van der Waals surface area contributed by atoms with Gasteiger partial charge in [-0.1, -0.05) is 12.1 Å². The molecule has 0 saturated carbocycles. The van der Waals surface area contributed by atoms with E-state index in [1.807, 2.05) is 30.7 Å². The van der Waals surface area contributed by atoms with Gasteiger partial charge in [0.25, 0.3) is 0 Å². The van der Waals surface area contributed by atoms with Gasteiger partial charge >= 0.3 is 0 Å². The molecule has 5 heteroatoms. The fraction of sp³-hybridized carbons (Fsp3) is 0.500. The van der Waals surface area contributed by atoms with Crippen molar-refractivity contribution in [2.24, 2.45) is 0 Å². The van der Waals surface area contributed by atoms with Gasteiger partial charge in [0, 0.05) is 24.3 Å². The first kappa shape index (κ1) is 17.5. The largest absolute Gasteiger partial charge is 0.494 e. The van der Waals surface area contributed by atoms with Crippen LogP contribution in [-0.2, 0) is 19.6 Å². The Bertz CT molecular complexity index is 620. The molecular weight excluding hydrogens is 290 g/mol. The van der Waals surface area contributed by atoms with Crippen molar-refractivity contribution >= 4 is 0 Å². The molecule has 0 atom stereocenters. The molecule has 0 aliphatic rings. The zero-order valence-corrected chi connectivity index (χ0v) is 14.5. The van der Waals surface area contributed by atoms with Gasteiger partial charge in [0.2, 0.25) is 0 Å². The van der Waals surface area contributed by atoms with E-state index in [1.165, 1.54) is 11.1 Å². The van der Waals surface area contributed by atoms with E-state index < -0.39 is 0 Å². The average Bonchev–Trinajstić information content (AvgIpc) is 2.78. The van der Waals surface area contributed by atoms with E-state index in [9.17, 15) is 0 Å². The number of benzene rings is 1. The van der Waals surface area contributed by atoms with Gasteiger partial charge in [-0.15, -0.1) is 0 Å². The number of rotatable bonds is 8. The molecule has 0 bridgehead atoms. The summed E-state index contributed by atoms with van der Waals surface area (Å²) >= 11 is 0. The lowest BCUT2D eigenvalue weighted by molar-refractivity contribution is 0.267. The quantitative estimate of drug-likeness (QED) is 0.813. The van der Waals surface area contributed by atoms with E-state index in [2.05, 4.69) is 36.1 Å². The molecule has 0 saturated heterocycles. The Morgan fingerprint density at radius 3 is 2.48 bits per heavy atom. The molecule has 0 amide bonds. The molecule has 1 N–H and O–H groups in total. The lowest BCUT2D eigenvalue weighted by atomic mass is 10.1. The highest BCUT2D eigenvalue weighted by molar-refractivity contribution is 5.28. The third-order valence-corrected chi connectivity index (χ3v) is 3.96. The predicted molar refractivity (Wildman–Crippen MR) is 91.6 cm³/mol. The van der Waals surface area contributed by atoms with Crippen LogP contribution in [0.25, 0.3) is 0 Å². The van der Waals surface area contributed by atoms with Crippen LogP contribution in [0.1, 0.15) is 29.4 Å². The van der Waals surface area contributed by atoms with Crippen molar-refractivity contribution in [3.05, 3.63) is 46.8 Å². The number of aliphatic hydroxyl groups excluding tert-OH is 1. The van der Waals surface area contributed by atoms with E-state index in [1.54, 1.807) is 0 Å². The van der Waals surface area contributed by atoms with Crippen LogP contribution in [0.5, 0.6) is 5.75 Å². The van der Waals surface area contributed by atoms with Gasteiger partial charge in [-0.2, -0.15) is 5.10 Å². The van der Waals surface area contributed by atoms with E-state index in [0.717, 1.165) is 30.2 Å². The van der Waals surface area contributed by atoms with Crippen LogP contribution in [0.3, 0.4) is 0 Å². The molecule has 1 aromatic carbocycles. The molecule has 1 heterocycles. The molecule has 5 nitrogen and oxygen atoms in total. The highest BCUT2D eigenvalue weighted by Crippen LogP contribution is 2.17. The number of hydrogen-bond donors (Lipinski definition) is 1. The minimum atomic E-state index is 0.115. The minimum absolute atomic E-state index is 0.115. The molecule has 126 valence electrons. The summed E-state index contributed by atoms with van der Waals surface area (Å²) in [6.07, 6.45) is 0. The Morgan fingerprint density at radius 1 is 1.17 bits per heavy atom. The number of nitrogens with zero attached hydrogens (tertiary/aromatic N) is 3. The molecule has 0 unspecified atom stereocenters. The average molecular weight is 317 g/mol. The smallest absolute Gasteiger partial charge is 0.119 e. The van der Waals surface area contributed by atoms with Crippen LogP contribution in [0.4, 0.5) is 0 Å². The van der Waals surface area contributed by atoms with E-state index in [4.69, 9.17) is 9.84 Å². The molecule has 0 aliphatic carbocycles. The molecule has 1 aromatic heterocycles. The number of hydrogen-bond acceptors (Lipinski definition) is 4. The Labute approximate surface area is 138 Å². The predicted octanol–water partition coefficient (Wildman–Crippen LogP) is 2.52. The summed E-state index contributed by atoms with van der Waals surface area (Å²) in [6, 6.07) is 8.25. The summed E-state index contributed by atoms with van der Waals surface area (Å²) in [5.74, 6) is 0.913. The summed E-state index contributed by atoms with van der Waals surface area (Å²) in [5.41, 5.74) is 4.67. The molecular formula is C18H27N3O2. The van der Waals surface area contributed by atoms with Gasteiger partial charge in [-0.25, -0.2) is 0 Å². The van der Waals surface area contributed by atoms with E-state index >= 15 is 0 Å². The summed E-state index contributed by atoms with van der Waals surface area (Å²) in [4.78, 5) is 2.27. The molecule has 0 fully saturated rings. The zero-order valence-electron chi connectivity index (χ0n) is 14.5. The zero-order chi connectivity index (χ0) is 16.8. The number of aryl methyl sites for hydroxylation is 1. The minimum Gasteiger partial charge on any atom is -0.494 e. The maximum absolute atomic E-state index is 9.10. The second kappa shape index (κ2) is 8.13. The SMILES string of the molecule is CCOc1ccc(CN(C)Cc2c(C)nn(CCO)c2C)cc1. The van der Waals surface area contributed by atoms with Crippen LogP contribution >= 0.6 is 0 Å². The second-order valence-corrected chi connectivity index (χ2v) is 5.85. The summed E-state index contributed by atoms with van der Waals surface area (Å²) in [5, 5.41) is 13.6. The summed E-state index contributed by atoms with van der Waals surface area (Å²) in [7, 11) is 2.11. The highest BCUT2D eigenvalue weighted by Gasteiger charge is 2.13. The number of aliphatic hydroxyl groups is 1. The first-order chi connectivity index (χ1) is 11.0. The number of ether oxygens (including phenoxy) is 1. The summed E-state index contributed by atoms with van der Waals surface area (Å²) in [6.45, 7) is 9.15. The van der Waals surface area contributed by atoms with Crippen LogP contribution in [0.2, 0.25) is 0 Å². The normalized spacial score (nSPS) is 11.2. The maximum Gasteiger partial charge on any atom is 0.119 e. The molecule has 2 rings (SSSR count). The van der Waals surface area contributed by atoms with Crippen LogP contribution in [0, 0.1) is 13.8 Å². The molecule has 23 heavy (non-hydrogen) atoms. The first-order valence-corrected chi connectivity index (χ1v) is 8.09. The van der Waals surface area contributed by atoms with Crippen LogP contribution in [-0.4, -0.2) is 40.0 Å². The second-order valence-electron chi connectivity index (χ2n) is 5.85.